The zero-order valence-corrected chi connectivity index (χ0v) is 15.2. The first kappa shape index (κ1) is 16.0. The summed E-state index contributed by atoms with van der Waals surface area (Å²) >= 11 is 3.09. The van der Waals surface area contributed by atoms with Gasteiger partial charge in [0.25, 0.3) is 5.91 Å². The molecule has 1 amide bonds. The van der Waals surface area contributed by atoms with Crippen molar-refractivity contribution in [2.24, 2.45) is 0 Å². The van der Waals surface area contributed by atoms with Crippen molar-refractivity contribution < 1.29 is 4.79 Å². The number of aryl methyl sites for hydroxylation is 1. The van der Waals surface area contributed by atoms with Crippen LogP contribution in [0, 0.1) is 6.92 Å². The van der Waals surface area contributed by atoms with Crippen LogP contribution >= 0.6 is 22.7 Å². The highest BCUT2D eigenvalue weighted by atomic mass is 32.1. The third-order valence-electron chi connectivity index (χ3n) is 3.83. The first-order valence-electron chi connectivity index (χ1n) is 7.92. The lowest BCUT2D eigenvalue weighted by molar-refractivity contribution is 0.0950. The lowest BCUT2D eigenvalue weighted by Crippen LogP contribution is -2.26. The number of nitrogens with zero attached hydrogens (tertiary/aromatic N) is 2. The second kappa shape index (κ2) is 6.78. The molecule has 4 rings (SSSR count). The fraction of sp³-hybridized carbons (Fsp3) is 0.167. The quantitative estimate of drug-likeness (QED) is 0.559. The SMILES string of the molecule is Cc1nc(CCNC(=O)c2csc(-c3cc4ccccc4[nH]3)n2)cs1. The maximum absolute atomic E-state index is 12.3. The standard InChI is InChI=1S/C18H16N4OS2/c1-11-20-13(9-24-11)6-7-19-17(23)16-10-25-18(22-16)15-8-12-4-2-3-5-14(12)21-15/h2-5,8-10,21H,6-7H2,1H3,(H,19,23). The molecule has 0 spiro atoms. The van der Waals surface area contributed by atoms with E-state index in [9.17, 15) is 4.79 Å². The Bertz CT molecular complexity index is 997. The molecule has 0 atom stereocenters. The second-order valence-corrected chi connectivity index (χ2v) is 7.59. The molecule has 0 saturated heterocycles. The average molecular weight is 368 g/mol. The van der Waals surface area contributed by atoms with E-state index in [1.165, 1.54) is 11.3 Å². The average Bonchev–Trinajstić information content (AvgIpc) is 3.33. The Morgan fingerprint density at radius 1 is 1.20 bits per heavy atom. The Hall–Kier alpha value is -2.51. The van der Waals surface area contributed by atoms with Crippen LogP contribution in [0.3, 0.4) is 0 Å². The molecule has 0 aliphatic carbocycles. The molecular formula is C18H16N4OS2. The number of nitrogens with one attached hydrogen (secondary N) is 2. The number of rotatable bonds is 5. The summed E-state index contributed by atoms with van der Waals surface area (Å²) in [5.74, 6) is -0.148. The first-order chi connectivity index (χ1) is 12.2. The number of hydrogen-bond donors (Lipinski definition) is 2. The Kier molecular flexibility index (Phi) is 4.33. The molecule has 2 N–H and O–H groups in total. The third-order valence-corrected chi connectivity index (χ3v) is 5.53. The summed E-state index contributed by atoms with van der Waals surface area (Å²) in [6.07, 6.45) is 0.731. The van der Waals surface area contributed by atoms with Crippen molar-refractivity contribution in [2.75, 3.05) is 6.54 Å². The van der Waals surface area contributed by atoms with Crippen LogP contribution in [0.2, 0.25) is 0 Å². The smallest absolute Gasteiger partial charge is 0.270 e. The number of hydrogen-bond acceptors (Lipinski definition) is 5. The number of H-pyrrole nitrogens is 1. The monoisotopic (exact) mass is 368 g/mol. The van der Waals surface area contributed by atoms with Crippen LogP contribution in [0.1, 0.15) is 21.2 Å². The van der Waals surface area contributed by atoms with E-state index in [1.54, 1.807) is 16.7 Å². The summed E-state index contributed by atoms with van der Waals surface area (Å²) in [5.41, 5.74) is 3.47. The molecule has 126 valence electrons. The van der Waals surface area contributed by atoms with Gasteiger partial charge in [0, 0.05) is 34.6 Å². The van der Waals surface area contributed by atoms with Gasteiger partial charge in [-0.15, -0.1) is 22.7 Å². The van der Waals surface area contributed by atoms with Gasteiger partial charge in [0.05, 0.1) is 16.4 Å². The summed E-state index contributed by atoms with van der Waals surface area (Å²) in [5, 5.41) is 9.73. The minimum atomic E-state index is -0.148. The van der Waals surface area contributed by atoms with Gasteiger partial charge in [-0.05, 0) is 19.1 Å². The Labute approximate surface area is 152 Å². The first-order valence-corrected chi connectivity index (χ1v) is 9.68. The van der Waals surface area contributed by atoms with E-state index in [2.05, 4.69) is 32.4 Å². The third kappa shape index (κ3) is 3.47. The maximum atomic E-state index is 12.3. The van der Waals surface area contributed by atoms with Crippen LogP contribution in [0.25, 0.3) is 21.6 Å². The predicted octanol–water partition coefficient (Wildman–Crippen LogP) is 4.03. The molecule has 0 fully saturated rings. The van der Waals surface area contributed by atoms with Crippen molar-refractivity contribution in [1.82, 2.24) is 20.3 Å². The highest BCUT2D eigenvalue weighted by Crippen LogP contribution is 2.26. The maximum Gasteiger partial charge on any atom is 0.270 e. The number of aromatic amines is 1. The molecule has 3 heterocycles. The van der Waals surface area contributed by atoms with E-state index in [1.807, 2.05) is 30.5 Å². The molecule has 0 radical (unpaired) electrons. The zero-order chi connectivity index (χ0) is 17.2. The summed E-state index contributed by atoms with van der Waals surface area (Å²) in [6.45, 7) is 2.54. The van der Waals surface area contributed by atoms with Crippen molar-refractivity contribution in [1.29, 1.82) is 0 Å². The van der Waals surface area contributed by atoms with Crippen molar-refractivity contribution in [3.05, 3.63) is 57.5 Å². The molecule has 0 saturated carbocycles. The number of amides is 1. The largest absolute Gasteiger partial charge is 0.353 e. The van der Waals surface area contributed by atoms with Crippen molar-refractivity contribution in [3.63, 3.8) is 0 Å². The molecule has 0 bridgehead atoms. The lowest BCUT2D eigenvalue weighted by atomic mass is 10.2. The molecule has 4 aromatic rings. The number of para-hydroxylation sites is 1. The normalized spacial score (nSPS) is 11.1. The van der Waals surface area contributed by atoms with Crippen LogP contribution in [0.5, 0.6) is 0 Å². The highest BCUT2D eigenvalue weighted by molar-refractivity contribution is 7.13. The van der Waals surface area contributed by atoms with E-state index >= 15 is 0 Å². The van der Waals surface area contributed by atoms with Gasteiger partial charge < -0.3 is 10.3 Å². The Morgan fingerprint density at radius 2 is 2.08 bits per heavy atom. The van der Waals surface area contributed by atoms with Crippen LogP contribution < -0.4 is 5.32 Å². The van der Waals surface area contributed by atoms with Gasteiger partial charge in [-0.2, -0.15) is 0 Å². The number of carbonyl (C=O) groups excluding carboxylic acids is 1. The van der Waals surface area contributed by atoms with Crippen molar-refractivity contribution >= 4 is 39.5 Å². The topological polar surface area (TPSA) is 70.7 Å². The van der Waals surface area contributed by atoms with Crippen molar-refractivity contribution in [3.8, 4) is 10.7 Å². The van der Waals surface area contributed by atoms with Crippen molar-refractivity contribution in [2.45, 2.75) is 13.3 Å². The molecule has 5 nitrogen and oxygen atoms in total. The van der Waals surface area contributed by atoms with E-state index in [0.717, 1.165) is 38.7 Å². The number of aromatic nitrogens is 3. The summed E-state index contributed by atoms with van der Waals surface area (Å²) < 4.78 is 0. The van der Waals surface area contributed by atoms with Gasteiger partial charge in [0.1, 0.15) is 10.7 Å². The van der Waals surface area contributed by atoms with Gasteiger partial charge in [0.15, 0.2) is 0 Å². The van der Waals surface area contributed by atoms with Gasteiger partial charge in [-0.1, -0.05) is 18.2 Å². The second-order valence-electron chi connectivity index (χ2n) is 5.67. The predicted molar refractivity (Wildman–Crippen MR) is 102 cm³/mol. The number of carbonyl (C=O) groups is 1. The zero-order valence-electron chi connectivity index (χ0n) is 13.6. The molecule has 0 unspecified atom stereocenters. The van der Waals surface area contributed by atoms with Crippen LogP contribution in [-0.2, 0) is 6.42 Å². The minimum absolute atomic E-state index is 0.148. The highest BCUT2D eigenvalue weighted by Gasteiger charge is 2.13. The summed E-state index contributed by atoms with van der Waals surface area (Å²) in [4.78, 5) is 24.5. The van der Waals surface area contributed by atoms with Crippen LogP contribution in [0.4, 0.5) is 0 Å². The van der Waals surface area contributed by atoms with Gasteiger partial charge >= 0.3 is 0 Å². The number of fused-ring (bicyclic) bond motifs is 1. The van der Waals surface area contributed by atoms with Crippen LogP contribution in [0.15, 0.2) is 41.1 Å². The fourth-order valence-electron chi connectivity index (χ4n) is 2.61. The van der Waals surface area contributed by atoms with E-state index in [4.69, 9.17) is 0 Å². The molecule has 3 aromatic heterocycles. The molecule has 7 heteroatoms. The lowest BCUT2D eigenvalue weighted by Gasteiger charge is -2.01. The number of thiazole rings is 2. The number of benzene rings is 1. The Balaban J connectivity index is 1.42. The summed E-state index contributed by atoms with van der Waals surface area (Å²) in [6, 6.07) is 10.1. The molecule has 1 aromatic carbocycles. The molecule has 25 heavy (non-hydrogen) atoms. The fourth-order valence-corrected chi connectivity index (χ4v) is 4.03. The Morgan fingerprint density at radius 3 is 2.88 bits per heavy atom. The van der Waals surface area contributed by atoms with Crippen LogP contribution in [-0.4, -0.2) is 27.4 Å². The summed E-state index contributed by atoms with van der Waals surface area (Å²) in [7, 11) is 0. The molecule has 0 aliphatic heterocycles. The van der Waals surface area contributed by atoms with Gasteiger partial charge in [-0.3, -0.25) is 4.79 Å². The minimum Gasteiger partial charge on any atom is -0.353 e. The van der Waals surface area contributed by atoms with E-state index < -0.39 is 0 Å². The van der Waals surface area contributed by atoms with Gasteiger partial charge in [0.2, 0.25) is 0 Å². The molecule has 0 aliphatic rings. The van der Waals surface area contributed by atoms with E-state index in [0.29, 0.717) is 12.2 Å². The van der Waals surface area contributed by atoms with E-state index in [-0.39, 0.29) is 5.91 Å². The molecular weight excluding hydrogens is 352 g/mol. The van der Waals surface area contributed by atoms with Gasteiger partial charge in [-0.25, -0.2) is 9.97 Å².